The third-order valence-corrected chi connectivity index (χ3v) is 10.8. The van der Waals surface area contributed by atoms with Crippen LogP contribution in [0.1, 0.15) is 64.5 Å². The maximum atomic E-state index is 13.7. The lowest BCUT2D eigenvalue weighted by Gasteiger charge is -2.37. The zero-order chi connectivity index (χ0) is 35.3. The molecule has 50 heavy (non-hydrogen) atoms. The molecule has 6 rings (SSSR count). The number of alkyl carbamates (subject to hydrolysis) is 1. The predicted octanol–water partition coefficient (Wildman–Crippen LogP) is 9.49. The molecule has 2 N–H and O–H groups in total. The number of anilines is 2. The fourth-order valence-corrected chi connectivity index (χ4v) is 8.13. The lowest BCUT2D eigenvalue weighted by Crippen LogP contribution is -2.45. The Balaban J connectivity index is 1.32. The third-order valence-electron chi connectivity index (χ3n) is 9.14. The van der Waals surface area contributed by atoms with Crippen LogP contribution in [0, 0.1) is 13.8 Å². The van der Waals surface area contributed by atoms with Crippen LogP contribution < -0.4 is 15.5 Å². The van der Waals surface area contributed by atoms with E-state index in [0.29, 0.717) is 24.4 Å². The Morgan fingerprint density at radius 3 is 1.90 bits per heavy atom. The number of nitrogens with zero attached hydrogens (tertiary/aromatic N) is 1. The molecule has 5 aromatic rings. The minimum Gasteiger partial charge on any atom is -0.444 e. The van der Waals surface area contributed by atoms with E-state index in [1.54, 1.807) is 11.8 Å². The number of hydrogen-bond acceptors (Lipinski definition) is 5. The average Bonchev–Trinajstić information content (AvgIpc) is 3.45. The van der Waals surface area contributed by atoms with E-state index in [4.69, 9.17) is 4.74 Å². The topological polar surface area (TPSA) is 70.7 Å². The molecule has 2 amide bonds. The monoisotopic (exact) mass is 683 g/mol. The summed E-state index contributed by atoms with van der Waals surface area (Å²) >= 11 is 1.79. The molecule has 0 saturated carbocycles. The van der Waals surface area contributed by atoms with Gasteiger partial charge in [0.1, 0.15) is 5.60 Å². The first-order valence-corrected chi connectivity index (χ1v) is 18.1. The molecule has 1 aliphatic heterocycles. The second kappa shape index (κ2) is 14.9. The molecule has 0 unspecified atom stereocenters. The van der Waals surface area contributed by atoms with Gasteiger partial charge in [-0.25, -0.2) is 4.79 Å². The molecule has 7 heteroatoms. The number of thioether (sulfide) groups is 1. The van der Waals surface area contributed by atoms with Crippen LogP contribution in [0.15, 0.2) is 127 Å². The van der Waals surface area contributed by atoms with Gasteiger partial charge in [0.25, 0.3) is 5.91 Å². The van der Waals surface area contributed by atoms with E-state index in [2.05, 4.69) is 103 Å². The molecule has 0 fully saturated rings. The number of carbonyl (C=O) groups excluding carboxylic acids is 2. The van der Waals surface area contributed by atoms with Crippen molar-refractivity contribution in [3.63, 3.8) is 0 Å². The first-order valence-electron chi connectivity index (χ1n) is 17.1. The van der Waals surface area contributed by atoms with Crippen molar-refractivity contribution < 1.29 is 14.3 Å². The molecule has 0 saturated heterocycles. The van der Waals surface area contributed by atoms with E-state index >= 15 is 0 Å². The zero-order valence-electron chi connectivity index (χ0n) is 29.4. The Labute approximate surface area is 300 Å². The molecule has 5 aromatic carbocycles. The van der Waals surface area contributed by atoms with Gasteiger partial charge in [-0.15, -0.1) is 11.8 Å². The number of ether oxygens (including phenoxy) is 1. The molecule has 0 radical (unpaired) electrons. The number of benzene rings is 5. The number of rotatable bonds is 11. The van der Waals surface area contributed by atoms with Gasteiger partial charge in [-0.3, -0.25) is 4.79 Å². The molecule has 256 valence electrons. The summed E-state index contributed by atoms with van der Waals surface area (Å²) in [6.45, 7) is 10.6. The molecule has 1 heterocycles. The number of nitrogens with one attached hydrogen (secondary N) is 2. The van der Waals surface area contributed by atoms with Crippen molar-refractivity contribution >= 4 is 35.1 Å². The van der Waals surface area contributed by atoms with Crippen LogP contribution in [0.5, 0.6) is 0 Å². The maximum Gasteiger partial charge on any atom is 0.407 e. The first-order chi connectivity index (χ1) is 24.1. The highest BCUT2D eigenvalue weighted by Gasteiger charge is 2.38. The summed E-state index contributed by atoms with van der Waals surface area (Å²) in [4.78, 5) is 28.8. The minimum atomic E-state index is -0.644. The molecule has 6 nitrogen and oxygen atoms in total. The van der Waals surface area contributed by atoms with Crippen LogP contribution in [0.4, 0.5) is 16.2 Å². The quantitative estimate of drug-likeness (QED) is 0.136. The normalized spacial score (nSPS) is 13.5. The van der Waals surface area contributed by atoms with Crippen molar-refractivity contribution in [2.75, 3.05) is 22.5 Å². The molecule has 0 bridgehead atoms. The molecule has 0 spiro atoms. The highest BCUT2D eigenvalue weighted by atomic mass is 32.2. The SMILES string of the molecule is Cc1cccc(N2Cc3c(NC[C@H](CSC(c4ccccc4)(c4ccccc4)c4ccccc4)NC(=O)OC(C)(C)C)cccc3C2=O)c1C. The van der Waals surface area contributed by atoms with E-state index < -0.39 is 16.4 Å². The van der Waals surface area contributed by atoms with Gasteiger partial charge >= 0.3 is 6.09 Å². The molecule has 0 aliphatic carbocycles. The Bertz CT molecular complexity index is 1850. The third kappa shape index (κ3) is 7.43. The van der Waals surface area contributed by atoms with Crippen LogP contribution in [0.3, 0.4) is 0 Å². The molecule has 1 atom stereocenters. The van der Waals surface area contributed by atoms with Crippen LogP contribution in [0.25, 0.3) is 0 Å². The Hall–Kier alpha value is -5.01. The molecule has 1 aliphatic rings. The number of fused-ring (bicyclic) bond motifs is 1. The Morgan fingerprint density at radius 1 is 0.780 bits per heavy atom. The van der Waals surface area contributed by atoms with Gasteiger partial charge in [0, 0.05) is 34.8 Å². The lowest BCUT2D eigenvalue weighted by atomic mass is 9.84. The number of amides is 2. The number of aryl methyl sites for hydroxylation is 1. The largest absolute Gasteiger partial charge is 0.444 e. The summed E-state index contributed by atoms with van der Waals surface area (Å²) in [5, 5.41) is 6.80. The van der Waals surface area contributed by atoms with E-state index in [1.165, 1.54) is 0 Å². The van der Waals surface area contributed by atoms with Gasteiger partial charge < -0.3 is 20.3 Å². The van der Waals surface area contributed by atoms with Crippen LogP contribution in [-0.4, -0.2) is 35.9 Å². The first kappa shape index (κ1) is 34.8. The highest BCUT2D eigenvalue weighted by molar-refractivity contribution is 8.00. The Morgan fingerprint density at radius 2 is 1.34 bits per heavy atom. The molecule has 0 aromatic heterocycles. The van der Waals surface area contributed by atoms with Crippen LogP contribution >= 0.6 is 11.8 Å². The van der Waals surface area contributed by atoms with Gasteiger partial charge in [-0.1, -0.05) is 109 Å². The van der Waals surface area contributed by atoms with Gasteiger partial charge in [0.2, 0.25) is 0 Å². The summed E-state index contributed by atoms with van der Waals surface area (Å²) in [7, 11) is 0. The summed E-state index contributed by atoms with van der Waals surface area (Å²) in [6, 6.07) is 43.2. The zero-order valence-corrected chi connectivity index (χ0v) is 30.2. The van der Waals surface area contributed by atoms with Crippen molar-refractivity contribution in [1.29, 1.82) is 0 Å². The van der Waals surface area contributed by atoms with Crippen LogP contribution in [0.2, 0.25) is 0 Å². The van der Waals surface area contributed by atoms with E-state index in [0.717, 1.165) is 44.8 Å². The Kier molecular flexibility index (Phi) is 10.3. The van der Waals surface area contributed by atoms with E-state index in [9.17, 15) is 9.59 Å². The summed E-state index contributed by atoms with van der Waals surface area (Å²) in [5.41, 5.74) is 8.51. The lowest BCUT2D eigenvalue weighted by molar-refractivity contribution is 0.0512. The predicted molar refractivity (Wildman–Crippen MR) is 206 cm³/mol. The second-order valence-corrected chi connectivity index (χ2v) is 15.0. The second-order valence-electron chi connectivity index (χ2n) is 13.8. The number of hydrogen-bond donors (Lipinski definition) is 2. The van der Waals surface area contributed by atoms with Crippen molar-refractivity contribution in [1.82, 2.24) is 5.32 Å². The fraction of sp³-hybridized carbons (Fsp3) is 0.256. The summed E-state index contributed by atoms with van der Waals surface area (Å²) in [5.74, 6) is 0.558. The van der Waals surface area contributed by atoms with Gasteiger partial charge in [-0.05, 0) is 80.6 Å². The van der Waals surface area contributed by atoms with Gasteiger partial charge in [0.05, 0.1) is 17.3 Å². The van der Waals surface area contributed by atoms with Crippen molar-refractivity contribution in [3.05, 3.63) is 166 Å². The van der Waals surface area contributed by atoms with Crippen molar-refractivity contribution in [3.8, 4) is 0 Å². The number of carbonyl (C=O) groups is 2. The molecular formula is C43H45N3O3S. The average molecular weight is 684 g/mol. The van der Waals surface area contributed by atoms with Crippen LogP contribution in [-0.2, 0) is 16.0 Å². The maximum absolute atomic E-state index is 13.7. The van der Waals surface area contributed by atoms with Crippen molar-refractivity contribution in [2.45, 2.75) is 57.6 Å². The van der Waals surface area contributed by atoms with Gasteiger partial charge in [0.15, 0.2) is 0 Å². The summed E-state index contributed by atoms with van der Waals surface area (Å²) < 4.78 is 5.19. The standard InChI is InChI=1S/C43H45N3O3S/c1-30-17-15-26-39(31(30)2)46-28-37-36(40(46)47)24-16-25-38(37)44-27-35(45-41(48)49-42(3,4)5)29-50-43(32-18-9-6-10-19-32,33-20-11-7-12-21-33)34-22-13-8-14-23-34/h6-26,35,44H,27-29H2,1-5H3,(H,45,48)/t35-/m1/s1. The fourth-order valence-electron chi connectivity index (χ4n) is 6.57. The van der Waals surface area contributed by atoms with Gasteiger partial charge in [-0.2, -0.15) is 0 Å². The minimum absolute atomic E-state index is 0.00491. The molecular weight excluding hydrogens is 639 g/mol. The smallest absolute Gasteiger partial charge is 0.407 e. The van der Waals surface area contributed by atoms with E-state index in [-0.39, 0.29) is 11.9 Å². The summed E-state index contributed by atoms with van der Waals surface area (Å²) in [6.07, 6.45) is -0.468. The highest BCUT2D eigenvalue weighted by Crippen LogP contribution is 2.48. The van der Waals surface area contributed by atoms with E-state index in [1.807, 2.05) is 74.2 Å². The van der Waals surface area contributed by atoms with Crippen molar-refractivity contribution in [2.24, 2.45) is 0 Å².